The molecule has 2 rings (SSSR count). The molecule has 2 N–H and O–H groups in total. The second kappa shape index (κ2) is 8.87. The molecule has 0 saturated heterocycles. The van der Waals surface area contributed by atoms with Gasteiger partial charge >= 0.3 is 5.97 Å². The minimum Gasteiger partial charge on any atom is -0.489 e. The molecule has 0 radical (unpaired) electrons. The summed E-state index contributed by atoms with van der Waals surface area (Å²) in [5.41, 5.74) is 2.02. The summed E-state index contributed by atoms with van der Waals surface area (Å²) in [7, 11) is 0. The summed E-state index contributed by atoms with van der Waals surface area (Å²) in [6.07, 6.45) is 0.472. The smallest absolute Gasteiger partial charge is 0.335 e. The average Bonchev–Trinajstić information content (AvgIpc) is 2.58. The van der Waals surface area contributed by atoms with E-state index >= 15 is 0 Å². The quantitative estimate of drug-likeness (QED) is 0.773. The van der Waals surface area contributed by atoms with E-state index in [1.54, 1.807) is 24.3 Å². The van der Waals surface area contributed by atoms with E-state index in [0.29, 0.717) is 18.5 Å². The number of aromatic carboxylic acids is 1. The van der Waals surface area contributed by atoms with Crippen LogP contribution >= 0.6 is 0 Å². The van der Waals surface area contributed by atoms with Crippen molar-refractivity contribution in [1.29, 1.82) is 0 Å². The van der Waals surface area contributed by atoms with Gasteiger partial charge in [0, 0.05) is 6.42 Å². The molecule has 2 aromatic rings. The van der Waals surface area contributed by atoms with E-state index in [2.05, 4.69) is 5.32 Å². The Bertz CT molecular complexity index is 742. The fourth-order valence-electron chi connectivity index (χ4n) is 2.50. The van der Waals surface area contributed by atoms with Crippen LogP contribution in [0.5, 0.6) is 5.75 Å². The molecule has 0 fully saturated rings. The van der Waals surface area contributed by atoms with Crippen LogP contribution in [0.25, 0.3) is 0 Å². The second-order valence-electron chi connectivity index (χ2n) is 6.01. The fourth-order valence-corrected chi connectivity index (χ4v) is 2.50. The molecule has 0 saturated carbocycles. The molecule has 0 aliphatic carbocycles. The standard InChI is InChI=1S/C20H23NO4/c1-14-6-5-8-17(12-14)25-15(2)13-21-19(22)11-10-16-7-3-4-9-18(16)20(23)24/h3-9,12,15H,10-11,13H2,1-2H3,(H,21,22)(H,23,24). The first kappa shape index (κ1) is 18.5. The van der Waals surface area contributed by atoms with Gasteiger partial charge in [-0.25, -0.2) is 4.79 Å². The normalized spacial score (nSPS) is 11.6. The third kappa shape index (κ3) is 5.95. The Labute approximate surface area is 147 Å². The Morgan fingerprint density at radius 1 is 1.16 bits per heavy atom. The highest BCUT2D eigenvalue weighted by atomic mass is 16.5. The number of carboxylic acid groups (broad SMARTS) is 1. The molecule has 0 spiro atoms. The highest BCUT2D eigenvalue weighted by Gasteiger charge is 2.11. The molecule has 0 aliphatic rings. The van der Waals surface area contributed by atoms with Gasteiger partial charge in [-0.3, -0.25) is 4.79 Å². The maximum absolute atomic E-state index is 12.0. The largest absolute Gasteiger partial charge is 0.489 e. The Morgan fingerprint density at radius 2 is 1.92 bits per heavy atom. The van der Waals surface area contributed by atoms with E-state index in [1.807, 2.05) is 38.1 Å². The summed E-state index contributed by atoms with van der Waals surface area (Å²) in [4.78, 5) is 23.2. The molecular formula is C20H23NO4. The average molecular weight is 341 g/mol. The zero-order chi connectivity index (χ0) is 18.2. The molecule has 1 unspecified atom stereocenters. The van der Waals surface area contributed by atoms with E-state index in [-0.39, 0.29) is 24.0 Å². The minimum absolute atomic E-state index is 0.125. The minimum atomic E-state index is -0.976. The number of nitrogens with one attached hydrogen (secondary N) is 1. The lowest BCUT2D eigenvalue weighted by atomic mass is 10.0. The molecule has 1 atom stereocenters. The van der Waals surface area contributed by atoms with E-state index in [4.69, 9.17) is 9.84 Å². The van der Waals surface area contributed by atoms with Gasteiger partial charge in [0.05, 0.1) is 12.1 Å². The summed E-state index contributed by atoms with van der Waals surface area (Å²) in [6, 6.07) is 14.5. The molecule has 2 aromatic carbocycles. The number of carboxylic acids is 1. The third-order valence-electron chi connectivity index (χ3n) is 3.78. The second-order valence-corrected chi connectivity index (χ2v) is 6.01. The van der Waals surface area contributed by atoms with E-state index in [9.17, 15) is 9.59 Å². The van der Waals surface area contributed by atoms with Crippen molar-refractivity contribution in [3.05, 3.63) is 65.2 Å². The lowest BCUT2D eigenvalue weighted by molar-refractivity contribution is -0.121. The van der Waals surface area contributed by atoms with Crippen LogP contribution in [0.15, 0.2) is 48.5 Å². The first-order valence-electron chi connectivity index (χ1n) is 8.27. The molecule has 0 aromatic heterocycles. The highest BCUT2D eigenvalue weighted by Crippen LogP contribution is 2.14. The maximum Gasteiger partial charge on any atom is 0.335 e. The number of carbonyl (C=O) groups is 2. The number of hydrogen-bond acceptors (Lipinski definition) is 3. The molecule has 5 heteroatoms. The van der Waals surface area contributed by atoms with Gasteiger partial charge < -0.3 is 15.2 Å². The molecule has 0 aliphatic heterocycles. The first-order valence-corrected chi connectivity index (χ1v) is 8.27. The zero-order valence-corrected chi connectivity index (χ0v) is 14.5. The van der Waals surface area contributed by atoms with Crippen molar-refractivity contribution in [2.24, 2.45) is 0 Å². The summed E-state index contributed by atoms with van der Waals surface area (Å²) in [5.74, 6) is -0.326. The number of rotatable bonds is 8. The van der Waals surface area contributed by atoms with Gasteiger partial charge in [-0.15, -0.1) is 0 Å². The Hall–Kier alpha value is -2.82. The van der Waals surface area contributed by atoms with Gasteiger partial charge in [0.2, 0.25) is 5.91 Å². The number of hydrogen-bond donors (Lipinski definition) is 2. The molecule has 132 valence electrons. The summed E-state index contributed by atoms with van der Waals surface area (Å²) < 4.78 is 5.77. The van der Waals surface area contributed by atoms with Crippen molar-refractivity contribution in [1.82, 2.24) is 5.32 Å². The SMILES string of the molecule is Cc1cccc(OC(C)CNC(=O)CCc2ccccc2C(=O)O)c1. The Kier molecular flexibility index (Phi) is 6.57. The van der Waals surface area contributed by atoms with Crippen LogP contribution in [0.2, 0.25) is 0 Å². The summed E-state index contributed by atoms with van der Waals surface area (Å²) in [6.45, 7) is 4.28. The monoisotopic (exact) mass is 341 g/mol. The van der Waals surface area contributed by atoms with E-state index in [0.717, 1.165) is 11.3 Å². The number of amides is 1. The van der Waals surface area contributed by atoms with Crippen LogP contribution in [0.1, 0.15) is 34.8 Å². The molecule has 1 amide bonds. The predicted octanol–water partition coefficient (Wildman–Crippen LogP) is 3.21. The molecular weight excluding hydrogens is 318 g/mol. The van der Waals surface area contributed by atoms with Crippen LogP contribution in [0, 0.1) is 6.92 Å². The van der Waals surface area contributed by atoms with Crippen molar-refractivity contribution in [2.45, 2.75) is 32.8 Å². The number of carbonyl (C=O) groups excluding carboxylic acids is 1. The van der Waals surface area contributed by atoms with Crippen molar-refractivity contribution in [3.63, 3.8) is 0 Å². The van der Waals surface area contributed by atoms with Gasteiger partial charge in [-0.1, -0.05) is 30.3 Å². The van der Waals surface area contributed by atoms with Crippen LogP contribution < -0.4 is 10.1 Å². The van der Waals surface area contributed by atoms with Gasteiger partial charge in [-0.2, -0.15) is 0 Å². The molecule has 0 bridgehead atoms. The van der Waals surface area contributed by atoms with Crippen molar-refractivity contribution in [3.8, 4) is 5.75 Å². The third-order valence-corrected chi connectivity index (χ3v) is 3.78. The number of benzene rings is 2. The Morgan fingerprint density at radius 3 is 2.64 bits per heavy atom. The fraction of sp³-hybridized carbons (Fsp3) is 0.300. The van der Waals surface area contributed by atoms with Gasteiger partial charge in [-0.05, 0) is 49.6 Å². The van der Waals surface area contributed by atoms with E-state index in [1.165, 1.54) is 0 Å². The van der Waals surface area contributed by atoms with Gasteiger partial charge in [0.1, 0.15) is 11.9 Å². The van der Waals surface area contributed by atoms with Gasteiger partial charge in [0.25, 0.3) is 0 Å². The molecule has 0 heterocycles. The lowest BCUT2D eigenvalue weighted by Crippen LogP contribution is -2.33. The van der Waals surface area contributed by atoms with Crippen molar-refractivity contribution >= 4 is 11.9 Å². The lowest BCUT2D eigenvalue weighted by Gasteiger charge is -2.16. The van der Waals surface area contributed by atoms with Crippen LogP contribution in [-0.4, -0.2) is 29.6 Å². The van der Waals surface area contributed by atoms with E-state index < -0.39 is 5.97 Å². The van der Waals surface area contributed by atoms with Crippen LogP contribution in [0.4, 0.5) is 0 Å². The first-order chi connectivity index (χ1) is 12.0. The predicted molar refractivity (Wildman–Crippen MR) is 96.0 cm³/mol. The summed E-state index contributed by atoms with van der Waals surface area (Å²) >= 11 is 0. The topological polar surface area (TPSA) is 75.6 Å². The van der Waals surface area contributed by atoms with Crippen LogP contribution in [-0.2, 0) is 11.2 Å². The summed E-state index contributed by atoms with van der Waals surface area (Å²) in [5, 5.41) is 12.0. The van der Waals surface area contributed by atoms with Gasteiger partial charge in [0.15, 0.2) is 0 Å². The number of ether oxygens (including phenoxy) is 1. The van der Waals surface area contributed by atoms with Crippen molar-refractivity contribution in [2.75, 3.05) is 6.54 Å². The maximum atomic E-state index is 12.0. The van der Waals surface area contributed by atoms with Crippen LogP contribution in [0.3, 0.4) is 0 Å². The number of aryl methyl sites for hydroxylation is 2. The van der Waals surface area contributed by atoms with Crippen molar-refractivity contribution < 1.29 is 19.4 Å². The Balaban J connectivity index is 1.78. The zero-order valence-electron chi connectivity index (χ0n) is 14.5. The highest BCUT2D eigenvalue weighted by molar-refractivity contribution is 5.89. The molecule has 5 nitrogen and oxygen atoms in total. The molecule has 25 heavy (non-hydrogen) atoms.